The van der Waals surface area contributed by atoms with Gasteiger partial charge in [-0.05, 0) is 44.0 Å². The molecule has 2 aromatic heterocycles. The fraction of sp³-hybridized carbons (Fsp3) is 0.292. The number of aryl methyl sites for hydroxylation is 1. The number of thioether (sulfide) groups is 1. The Bertz CT molecular complexity index is 1140. The number of aromatic nitrogens is 2. The van der Waals surface area contributed by atoms with Crippen LogP contribution < -0.4 is 10.6 Å². The number of carbonyl (C=O) groups is 1. The minimum Gasteiger partial charge on any atom is -0.338 e. The zero-order valence-electron chi connectivity index (χ0n) is 17.6. The van der Waals surface area contributed by atoms with Crippen LogP contribution in [0, 0.1) is 6.92 Å². The molecule has 5 nitrogen and oxygen atoms in total. The molecule has 4 aromatic rings. The van der Waals surface area contributed by atoms with Crippen LogP contribution in [-0.2, 0) is 0 Å². The Hall–Kier alpha value is -2.64. The molecular formula is C24H26N4OS2. The van der Waals surface area contributed by atoms with E-state index in [1.54, 1.807) is 11.3 Å². The Morgan fingerprint density at radius 1 is 0.968 bits per heavy atom. The number of rotatable bonds is 9. The van der Waals surface area contributed by atoms with Crippen LogP contribution in [0.25, 0.3) is 21.1 Å². The van der Waals surface area contributed by atoms with Crippen LogP contribution >= 0.6 is 23.1 Å². The number of para-hydroxylation sites is 2. The van der Waals surface area contributed by atoms with E-state index in [1.807, 2.05) is 55.1 Å². The molecule has 0 saturated carbocycles. The largest absolute Gasteiger partial charge is 0.338 e. The van der Waals surface area contributed by atoms with Gasteiger partial charge in [0.25, 0.3) is 0 Å². The van der Waals surface area contributed by atoms with Gasteiger partial charge in [-0.3, -0.25) is 4.98 Å². The zero-order chi connectivity index (χ0) is 21.5. The van der Waals surface area contributed by atoms with Crippen LogP contribution in [0.2, 0.25) is 0 Å². The Kier molecular flexibility index (Phi) is 7.38. The van der Waals surface area contributed by atoms with Gasteiger partial charge in [0, 0.05) is 23.4 Å². The molecule has 0 atom stereocenters. The minimum absolute atomic E-state index is 0.165. The van der Waals surface area contributed by atoms with E-state index in [1.165, 1.54) is 4.70 Å². The summed E-state index contributed by atoms with van der Waals surface area (Å²) in [4.78, 5) is 21.5. The average molecular weight is 451 g/mol. The van der Waals surface area contributed by atoms with Gasteiger partial charge in [-0.2, -0.15) is 0 Å². The summed E-state index contributed by atoms with van der Waals surface area (Å²) in [5, 5.41) is 6.88. The van der Waals surface area contributed by atoms with Crippen molar-refractivity contribution in [3.63, 3.8) is 0 Å². The van der Waals surface area contributed by atoms with E-state index < -0.39 is 0 Å². The van der Waals surface area contributed by atoms with Crippen LogP contribution in [0.5, 0.6) is 0 Å². The van der Waals surface area contributed by atoms with Crippen LogP contribution in [-0.4, -0.2) is 28.3 Å². The molecule has 4 rings (SSSR count). The lowest BCUT2D eigenvalue weighted by Gasteiger charge is -2.11. The Morgan fingerprint density at radius 2 is 1.74 bits per heavy atom. The number of pyridine rings is 1. The van der Waals surface area contributed by atoms with Gasteiger partial charge in [0.05, 0.1) is 21.4 Å². The highest BCUT2D eigenvalue weighted by molar-refractivity contribution is 8.01. The Balaban J connectivity index is 1.12. The Morgan fingerprint density at radius 3 is 2.61 bits per heavy atom. The van der Waals surface area contributed by atoms with Gasteiger partial charge in [-0.25, -0.2) is 9.78 Å². The van der Waals surface area contributed by atoms with E-state index in [-0.39, 0.29) is 6.03 Å². The molecule has 0 aliphatic carbocycles. The summed E-state index contributed by atoms with van der Waals surface area (Å²) in [6.07, 6.45) is 4.41. The second-order valence-electron chi connectivity index (χ2n) is 7.42. The number of urea groups is 1. The van der Waals surface area contributed by atoms with E-state index in [2.05, 4.69) is 38.8 Å². The van der Waals surface area contributed by atoms with Crippen molar-refractivity contribution in [1.29, 1.82) is 0 Å². The number of nitrogens with one attached hydrogen (secondary N) is 2. The molecular weight excluding hydrogens is 424 g/mol. The van der Waals surface area contributed by atoms with Gasteiger partial charge in [0.2, 0.25) is 0 Å². The predicted octanol–water partition coefficient (Wildman–Crippen LogP) is 6.63. The monoisotopic (exact) mass is 450 g/mol. The number of fused-ring (bicyclic) bond motifs is 2. The van der Waals surface area contributed by atoms with Crippen LogP contribution in [0.3, 0.4) is 0 Å². The first-order valence-corrected chi connectivity index (χ1v) is 12.4. The van der Waals surface area contributed by atoms with Crippen LogP contribution in [0.15, 0.2) is 58.9 Å². The molecule has 160 valence electrons. The highest BCUT2D eigenvalue weighted by Gasteiger charge is 2.07. The lowest BCUT2D eigenvalue weighted by molar-refractivity contribution is 0.252. The number of benzene rings is 2. The van der Waals surface area contributed by atoms with Crippen molar-refractivity contribution >= 4 is 55.9 Å². The fourth-order valence-corrected chi connectivity index (χ4v) is 5.57. The van der Waals surface area contributed by atoms with Crippen LogP contribution in [0.4, 0.5) is 10.5 Å². The molecule has 2 N–H and O–H groups in total. The normalized spacial score (nSPS) is 11.1. The summed E-state index contributed by atoms with van der Waals surface area (Å²) >= 11 is 3.61. The first kappa shape index (κ1) is 21.6. The van der Waals surface area contributed by atoms with E-state index in [4.69, 9.17) is 0 Å². The number of hydrogen-bond donors (Lipinski definition) is 2. The van der Waals surface area contributed by atoms with Gasteiger partial charge in [-0.15, -0.1) is 11.3 Å². The van der Waals surface area contributed by atoms with Gasteiger partial charge in [-0.1, -0.05) is 54.9 Å². The third kappa shape index (κ3) is 5.95. The van der Waals surface area contributed by atoms with Gasteiger partial charge < -0.3 is 10.6 Å². The molecule has 0 unspecified atom stereocenters. The number of anilines is 1. The summed E-state index contributed by atoms with van der Waals surface area (Å²) in [7, 11) is 0. The Labute approximate surface area is 190 Å². The second-order valence-corrected chi connectivity index (χ2v) is 9.79. The van der Waals surface area contributed by atoms with Gasteiger partial charge in [0.1, 0.15) is 0 Å². The molecule has 0 bridgehead atoms. The quantitative estimate of drug-likeness (QED) is 0.222. The second kappa shape index (κ2) is 10.6. The molecule has 0 aliphatic heterocycles. The van der Waals surface area contributed by atoms with E-state index in [9.17, 15) is 4.79 Å². The van der Waals surface area contributed by atoms with Crippen molar-refractivity contribution in [1.82, 2.24) is 15.3 Å². The molecule has 2 heterocycles. The van der Waals surface area contributed by atoms with Crippen molar-refractivity contribution in [2.75, 3.05) is 17.6 Å². The highest BCUT2D eigenvalue weighted by Crippen LogP contribution is 2.29. The van der Waals surface area contributed by atoms with E-state index in [0.29, 0.717) is 6.54 Å². The van der Waals surface area contributed by atoms with Crippen molar-refractivity contribution in [3.05, 3.63) is 60.3 Å². The van der Waals surface area contributed by atoms with Crippen molar-refractivity contribution in [3.8, 4) is 0 Å². The van der Waals surface area contributed by atoms with Gasteiger partial charge in [0.15, 0.2) is 4.34 Å². The maximum Gasteiger partial charge on any atom is 0.319 e. The molecule has 31 heavy (non-hydrogen) atoms. The number of thiazole rings is 1. The smallest absolute Gasteiger partial charge is 0.319 e. The number of hydrogen-bond acceptors (Lipinski definition) is 5. The lowest BCUT2D eigenvalue weighted by atomic mass is 10.1. The van der Waals surface area contributed by atoms with E-state index in [0.717, 1.165) is 63.6 Å². The summed E-state index contributed by atoms with van der Waals surface area (Å²) in [5.74, 6) is 1.09. The number of nitrogens with zero attached hydrogens (tertiary/aromatic N) is 2. The molecule has 2 amide bonds. The average Bonchev–Trinajstić information content (AvgIpc) is 3.18. The molecule has 0 spiro atoms. The summed E-state index contributed by atoms with van der Waals surface area (Å²) in [6.45, 7) is 2.61. The third-order valence-electron chi connectivity index (χ3n) is 4.95. The number of carbonyl (C=O) groups excluding carboxylic acids is 1. The first-order chi connectivity index (χ1) is 15.2. The molecule has 0 radical (unpaired) electrons. The molecule has 0 fully saturated rings. The summed E-state index contributed by atoms with van der Waals surface area (Å²) in [5.41, 5.74) is 3.67. The van der Waals surface area contributed by atoms with Crippen molar-refractivity contribution in [2.24, 2.45) is 0 Å². The standard InChI is InChI=1S/C24H26N4OS2/c1-17-16-21(18-10-4-5-11-19(18)26-17)27-23(29)25-14-8-2-3-9-15-30-24-28-20-12-6-7-13-22(20)31-24/h4-7,10-13,16H,2-3,8-9,14-15H2,1H3,(H2,25,26,27,29). The zero-order valence-corrected chi connectivity index (χ0v) is 19.2. The third-order valence-corrected chi connectivity index (χ3v) is 7.21. The summed E-state index contributed by atoms with van der Waals surface area (Å²) in [6, 6.07) is 17.9. The topological polar surface area (TPSA) is 66.9 Å². The van der Waals surface area contributed by atoms with Gasteiger partial charge >= 0.3 is 6.03 Å². The van der Waals surface area contributed by atoms with Crippen molar-refractivity contribution < 1.29 is 4.79 Å². The molecule has 7 heteroatoms. The van der Waals surface area contributed by atoms with Crippen molar-refractivity contribution in [2.45, 2.75) is 36.9 Å². The predicted molar refractivity (Wildman–Crippen MR) is 132 cm³/mol. The fourth-order valence-electron chi connectivity index (χ4n) is 3.43. The maximum atomic E-state index is 12.3. The van der Waals surface area contributed by atoms with E-state index >= 15 is 0 Å². The number of amides is 2. The lowest BCUT2D eigenvalue weighted by Crippen LogP contribution is -2.29. The summed E-state index contributed by atoms with van der Waals surface area (Å²) < 4.78 is 2.41. The highest BCUT2D eigenvalue weighted by atomic mass is 32.2. The SMILES string of the molecule is Cc1cc(NC(=O)NCCCCCCSc2nc3ccccc3s2)c2ccccc2n1. The minimum atomic E-state index is -0.165. The first-order valence-electron chi connectivity index (χ1n) is 10.6. The number of unbranched alkanes of at least 4 members (excludes halogenated alkanes) is 3. The maximum absolute atomic E-state index is 12.3. The molecule has 0 saturated heterocycles. The molecule has 2 aromatic carbocycles. The molecule has 0 aliphatic rings. The van der Waals surface area contributed by atoms with Crippen LogP contribution in [0.1, 0.15) is 31.4 Å².